The standard InChI is InChI=1S/C27H30O15/c1-11-6-14(28)21(15(29)7-11)23(34)20-13(26(37)39-3)8-12(9-16(20)38-2)41-27-25(36)24(35)22(33)17(42-27)10-40-19(32)5-4-18(30)31/h6-9,17,22,24-25,27-29,33,35-36H,4-5,10H2,1-3H3,(H,30,31)/t17-,22-,24+,25-,27-/m1/s1. The molecular weight excluding hydrogens is 564 g/mol. The van der Waals surface area contributed by atoms with Crippen molar-refractivity contribution in [1.29, 1.82) is 0 Å². The van der Waals surface area contributed by atoms with Gasteiger partial charge in [-0.1, -0.05) is 0 Å². The second-order valence-corrected chi connectivity index (χ2v) is 9.26. The zero-order chi connectivity index (χ0) is 31.3. The topological polar surface area (TPSA) is 236 Å². The fourth-order valence-electron chi connectivity index (χ4n) is 4.17. The van der Waals surface area contributed by atoms with E-state index in [2.05, 4.69) is 0 Å². The Balaban J connectivity index is 1.93. The molecule has 6 N–H and O–H groups in total. The van der Waals surface area contributed by atoms with Gasteiger partial charge in [0, 0.05) is 6.07 Å². The van der Waals surface area contributed by atoms with Crippen LogP contribution >= 0.6 is 0 Å². The van der Waals surface area contributed by atoms with Crippen LogP contribution in [0.25, 0.3) is 0 Å². The van der Waals surface area contributed by atoms with Crippen LogP contribution in [-0.4, -0.2) is 106 Å². The Morgan fingerprint density at radius 1 is 0.881 bits per heavy atom. The molecule has 0 aromatic heterocycles. The van der Waals surface area contributed by atoms with Crippen molar-refractivity contribution in [2.75, 3.05) is 20.8 Å². The average Bonchev–Trinajstić information content (AvgIpc) is 2.93. The van der Waals surface area contributed by atoms with Gasteiger partial charge in [-0.2, -0.15) is 0 Å². The maximum atomic E-state index is 13.5. The van der Waals surface area contributed by atoms with Gasteiger partial charge in [-0.15, -0.1) is 0 Å². The maximum Gasteiger partial charge on any atom is 0.338 e. The van der Waals surface area contributed by atoms with E-state index in [9.17, 15) is 44.7 Å². The number of hydrogen-bond donors (Lipinski definition) is 6. The largest absolute Gasteiger partial charge is 0.507 e. The number of phenolic OH excluding ortho intramolecular Hbond substituents is 2. The van der Waals surface area contributed by atoms with E-state index in [4.69, 9.17) is 28.8 Å². The zero-order valence-electron chi connectivity index (χ0n) is 22.7. The summed E-state index contributed by atoms with van der Waals surface area (Å²) in [5.74, 6) is -5.81. The fourth-order valence-corrected chi connectivity index (χ4v) is 4.17. The first-order valence-corrected chi connectivity index (χ1v) is 12.4. The van der Waals surface area contributed by atoms with Crippen molar-refractivity contribution >= 4 is 23.7 Å². The molecule has 0 aliphatic carbocycles. The highest BCUT2D eigenvalue weighted by Gasteiger charge is 2.45. The predicted molar refractivity (Wildman–Crippen MR) is 137 cm³/mol. The van der Waals surface area contributed by atoms with Crippen LogP contribution in [0.15, 0.2) is 24.3 Å². The van der Waals surface area contributed by atoms with Crippen LogP contribution in [0.2, 0.25) is 0 Å². The number of aliphatic hydroxyl groups is 3. The Bertz CT molecular complexity index is 1330. The Hall–Kier alpha value is -4.44. The average molecular weight is 595 g/mol. The summed E-state index contributed by atoms with van der Waals surface area (Å²) in [7, 11) is 2.19. The summed E-state index contributed by atoms with van der Waals surface area (Å²) in [5.41, 5.74) is -0.886. The monoisotopic (exact) mass is 594 g/mol. The minimum absolute atomic E-state index is 0.244. The van der Waals surface area contributed by atoms with Gasteiger partial charge >= 0.3 is 17.9 Å². The third-order valence-electron chi connectivity index (χ3n) is 6.27. The summed E-state index contributed by atoms with van der Waals surface area (Å²) in [6.45, 7) is 0.947. The molecule has 0 unspecified atom stereocenters. The molecule has 1 fully saturated rings. The number of rotatable bonds is 11. The van der Waals surface area contributed by atoms with Gasteiger partial charge in [0.05, 0.1) is 38.2 Å². The Labute approximate surface area is 238 Å². The molecule has 1 heterocycles. The van der Waals surface area contributed by atoms with Crippen LogP contribution in [0.5, 0.6) is 23.0 Å². The van der Waals surface area contributed by atoms with Crippen molar-refractivity contribution in [3.8, 4) is 23.0 Å². The molecule has 15 heteroatoms. The van der Waals surface area contributed by atoms with E-state index in [-0.39, 0.29) is 11.5 Å². The molecule has 0 amide bonds. The molecule has 0 radical (unpaired) electrons. The number of aliphatic carboxylic acids is 1. The fraction of sp³-hybridized carbons (Fsp3) is 0.407. The second kappa shape index (κ2) is 13.5. The first-order chi connectivity index (χ1) is 19.8. The highest BCUT2D eigenvalue weighted by Crippen LogP contribution is 2.37. The van der Waals surface area contributed by atoms with Crippen molar-refractivity contribution in [2.24, 2.45) is 0 Å². The summed E-state index contributed by atoms with van der Waals surface area (Å²) in [6.07, 6.45) is -9.52. The minimum atomic E-state index is -1.85. The van der Waals surface area contributed by atoms with E-state index in [1.54, 1.807) is 6.92 Å². The number of carbonyl (C=O) groups excluding carboxylic acids is 3. The SMILES string of the molecule is COC(=O)c1cc(O[C@@H]2O[C@H](COC(=O)CCC(=O)O)[C@@H](O)[C@H](O)[C@H]2O)cc(OC)c1C(=O)c1c(O)cc(C)cc1O. The van der Waals surface area contributed by atoms with Crippen LogP contribution in [0.4, 0.5) is 0 Å². The van der Waals surface area contributed by atoms with Gasteiger partial charge in [0.25, 0.3) is 0 Å². The molecule has 3 rings (SSSR count). The molecule has 1 saturated heterocycles. The van der Waals surface area contributed by atoms with E-state index >= 15 is 0 Å². The molecule has 0 saturated carbocycles. The molecule has 1 aliphatic rings. The van der Waals surface area contributed by atoms with Crippen molar-refractivity contribution in [3.05, 3.63) is 46.5 Å². The molecule has 228 valence electrons. The summed E-state index contributed by atoms with van der Waals surface area (Å²) >= 11 is 0. The van der Waals surface area contributed by atoms with Gasteiger partial charge < -0.3 is 54.3 Å². The van der Waals surface area contributed by atoms with E-state index in [0.717, 1.165) is 26.4 Å². The van der Waals surface area contributed by atoms with Crippen LogP contribution in [-0.2, 0) is 23.8 Å². The molecule has 15 nitrogen and oxygen atoms in total. The van der Waals surface area contributed by atoms with E-state index in [0.29, 0.717) is 5.56 Å². The number of phenols is 2. The van der Waals surface area contributed by atoms with Crippen molar-refractivity contribution in [3.63, 3.8) is 0 Å². The van der Waals surface area contributed by atoms with Crippen LogP contribution in [0.1, 0.15) is 44.7 Å². The third kappa shape index (κ3) is 7.06. The number of ketones is 1. The molecule has 0 bridgehead atoms. The number of benzene rings is 2. The lowest BCUT2D eigenvalue weighted by Gasteiger charge is -2.40. The lowest BCUT2D eigenvalue weighted by Crippen LogP contribution is -2.60. The first-order valence-electron chi connectivity index (χ1n) is 12.4. The summed E-state index contributed by atoms with van der Waals surface area (Å²) in [6, 6.07) is 4.61. The number of esters is 2. The number of carboxylic acid groups (broad SMARTS) is 1. The van der Waals surface area contributed by atoms with Crippen LogP contribution in [0.3, 0.4) is 0 Å². The number of carbonyl (C=O) groups is 4. The zero-order valence-corrected chi connectivity index (χ0v) is 22.7. The van der Waals surface area contributed by atoms with E-state index in [1.165, 1.54) is 12.1 Å². The Kier molecular flexibility index (Phi) is 10.3. The minimum Gasteiger partial charge on any atom is -0.507 e. The number of aryl methyl sites for hydroxylation is 1. The highest BCUT2D eigenvalue weighted by molar-refractivity contribution is 6.18. The summed E-state index contributed by atoms with van der Waals surface area (Å²) < 4.78 is 26.1. The molecule has 42 heavy (non-hydrogen) atoms. The van der Waals surface area contributed by atoms with Crippen LogP contribution in [0, 0.1) is 6.92 Å². The summed E-state index contributed by atoms with van der Waals surface area (Å²) in [4.78, 5) is 48.6. The molecular formula is C27H30O15. The van der Waals surface area contributed by atoms with Gasteiger partial charge in [-0.05, 0) is 30.7 Å². The number of aliphatic hydroxyl groups excluding tert-OH is 3. The number of aromatic hydroxyl groups is 2. The molecule has 1 aliphatic heterocycles. The lowest BCUT2D eigenvalue weighted by atomic mass is 9.94. The molecule has 2 aromatic carbocycles. The van der Waals surface area contributed by atoms with Gasteiger partial charge in [0.15, 0.2) is 0 Å². The third-order valence-corrected chi connectivity index (χ3v) is 6.27. The van der Waals surface area contributed by atoms with Crippen molar-refractivity contribution < 1.29 is 73.5 Å². The van der Waals surface area contributed by atoms with Gasteiger partial charge in [0.2, 0.25) is 12.1 Å². The quantitative estimate of drug-likeness (QED) is 0.149. The number of carboxylic acids is 1. The summed E-state index contributed by atoms with van der Waals surface area (Å²) in [5, 5.41) is 60.5. The Morgan fingerprint density at radius 3 is 2.10 bits per heavy atom. The van der Waals surface area contributed by atoms with Gasteiger partial charge in [-0.3, -0.25) is 14.4 Å². The van der Waals surface area contributed by atoms with Gasteiger partial charge in [-0.25, -0.2) is 4.79 Å². The molecule has 0 spiro atoms. The lowest BCUT2D eigenvalue weighted by molar-refractivity contribution is -0.278. The van der Waals surface area contributed by atoms with E-state index in [1.807, 2.05) is 0 Å². The van der Waals surface area contributed by atoms with Crippen molar-refractivity contribution in [1.82, 2.24) is 0 Å². The smallest absolute Gasteiger partial charge is 0.338 e. The van der Waals surface area contributed by atoms with Crippen LogP contribution < -0.4 is 9.47 Å². The first kappa shape index (κ1) is 32.1. The number of ether oxygens (including phenoxy) is 5. The number of hydrogen-bond acceptors (Lipinski definition) is 14. The van der Waals surface area contributed by atoms with Crippen molar-refractivity contribution in [2.45, 2.75) is 50.5 Å². The normalized spacial score (nSPS) is 21.7. The maximum absolute atomic E-state index is 13.5. The molecule has 5 atom stereocenters. The predicted octanol–water partition coefficient (Wildman–Crippen LogP) is 0.0268. The van der Waals surface area contributed by atoms with E-state index < -0.39 is 102 Å². The Morgan fingerprint density at radius 2 is 1.52 bits per heavy atom. The second-order valence-electron chi connectivity index (χ2n) is 9.26. The highest BCUT2D eigenvalue weighted by atomic mass is 16.7. The number of methoxy groups -OCH3 is 2. The molecule has 2 aromatic rings. The van der Waals surface area contributed by atoms with Gasteiger partial charge in [0.1, 0.15) is 59.6 Å².